The summed E-state index contributed by atoms with van der Waals surface area (Å²) in [6, 6.07) is 16.2. The maximum absolute atomic E-state index is 12.3. The molecule has 0 unspecified atom stereocenters. The third-order valence-electron chi connectivity index (χ3n) is 4.42. The number of anilines is 1. The lowest BCUT2D eigenvalue weighted by Crippen LogP contribution is -2.14. The summed E-state index contributed by atoms with van der Waals surface area (Å²) in [7, 11) is 0. The summed E-state index contributed by atoms with van der Waals surface area (Å²) in [6.45, 7) is 4.17. The first kappa shape index (κ1) is 19.4. The fraction of sp³-hybridized carbons (Fsp3) is 0.143. The molecule has 2 aromatic heterocycles. The number of hydrogen-bond donors (Lipinski definition) is 1. The Morgan fingerprint density at radius 3 is 2.66 bits per heavy atom. The number of nitrogens with one attached hydrogen (secondary N) is 1. The molecule has 1 N–H and O–H groups in total. The van der Waals surface area contributed by atoms with Crippen LogP contribution in [0.15, 0.2) is 65.3 Å². The average Bonchev–Trinajstić information content (AvgIpc) is 3.39. The number of aromatic nitrogens is 4. The van der Waals surface area contributed by atoms with Crippen LogP contribution in [0.1, 0.15) is 11.1 Å². The topological polar surface area (TPSA) is 72.7 Å². The molecular weight excluding hydrogens is 402 g/mol. The van der Waals surface area contributed by atoms with E-state index >= 15 is 0 Å². The second-order valence-electron chi connectivity index (χ2n) is 6.45. The molecule has 146 valence electrons. The standard InChI is InChI=1S/C21H19N5OS2/c1-14-8-9-16(12-15(14)2)19-24-25-21(26(19)17-6-4-3-5-7-17)29-13-18(27)23-20-22-10-11-28-20/h3-12H,13H2,1-2H3,(H,22,23,27). The minimum Gasteiger partial charge on any atom is -0.301 e. The van der Waals surface area contributed by atoms with Crippen molar-refractivity contribution in [2.45, 2.75) is 19.0 Å². The number of carbonyl (C=O) groups excluding carboxylic acids is 1. The molecule has 6 nitrogen and oxygen atoms in total. The quantitative estimate of drug-likeness (QED) is 0.455. The summed E-state index contributed by atoms with van der Waals surface area (Å²) in [6.07, 6.45) is 1.66. The summed E-state index contributed by atoms with van der Waals surface area (Å²) in [5.74, 6) is 0.847. The number of para-hydroxylation sites is 1. The summed E-state index contributed by atoms with van der Waals surface area (Å²) in [4.78, 5) is 16.3. The highest BCUT2D eigenvalue weighted by molar-refractivity contribution is 7.99. The third kappa shape index (κ3) is 4.38. The minimum atomic E-state index is -0.125. The number of aryl methyl sites for hydroxylation is 2. The molecule has 0 aliphatic heterocycles. The smallest absolute Gasteiger partial charge is 0.236 e. The Bertz CT molecular complexity index is 1120. The molecule has 0 saturated heterocycles. The lowest BCUT2D eigenvalue weighted by molar-refractivity contribution is -0.113. The van der Waals surface area contributed by atoms with Crippen molar-refractivity contribution in [1.29, 1.82) is 0 Å². The van der Waals surface area contributed by atoms with E-state index < -0.39 is 0 Å². The van der Waals surface area contributed by atoms with E-state index in [-0.39, 0.29) is 11.7 Å². The van der Waals surface area contributed by atoms with E-state index in [1.807, 2.05) is 40.3 Å². The van der Waals surface area contributed by atoms with Crippen molar-refractivity contribution in [3.05, 3.63) is 71.2 Å². The van der Waals surface area contributed by atoms with Crippen molar-refractivity contribution in [2.75, 3.05) is 11.1 Å². The zero-order chi connectivity index (χ0) is 20.2. The van der Waals surface area contributed by atoms with E-state index in [9.17, 15) is 4.79 Å². The van der Waals surface area contributed by atoms with Crippen molar-refractivity contribution in [2.24, 2.45) is 0 Å². The zero-order valence-electron chi connectivity index (χ0n) is 16.0. The molecule has 0 aliphatic rings. The van der Waals surface area contributed by atoms with E-state index in [0.29, 0.717) is 10.3 Å². The van der Waals surface area contributed by atoms with Crippen LogP contribution >= 0.6 is 23.1 Å². The largest absolute Gasteiger partial charge is 0.301 e. The van der Waals surface area contributed by atoms with Gasteiger partial charge in [-0.2, -0.15) is 0 Å². The fourth-order valence-corrected chi connectivity index (χ4v) is 4.11. The van der Waals surface area contributed by atoms with Gasteiger partial charge in [0.15, 0.2) is 16.1 Å². The highest BCUT2D eigenvalue weighted by Crippen LogP contribution is 2.29. The van der Waals surface area contributed by atoms with Gasteiger partial charge >= 0.3 is 0 Å². The monoisotopic (exact) mass is 421 g/mol. The van der Waals surface area contributed by atoms with Gasteiger partial charge in [0.2, 0.25) is 5.91 Å². The van der Waals surface area contributed by atoms with E-state index in [1.165, 1.54) is 34.2 Å². The van der Waals surface area contributed by atoms with Gasteiger partial charge in [-0.15, -0.1) is 21.5 Å². The maximum atomic E-state index is 12.3. The van der Waals surface area contributed by atoms with E-state index in [1.54, 1.807) is 6.20 Å². The average molecular weight is 422 g/mol. The van der Waals surface area contributed by atoms with Gasteiger partial charge in [-0.05, 0) is 43.2 Å². The Labute approximate surface area is 177 Å². The Hall–Kier alpha value is -2.97. The van der Waals surface area contributed by atoms with Crippen LogP contribution in [0.3, 0.4) is 0 Å². The van der Waals surface area contributed by atoms with Gasteiger partial charge in [0, 0.05) is 22.8 Å². The van der Waals surface area contributed by atoms with Crippen molar-refractivity contribution in [1.82, 2.24) is 19.7 Å². The van der Waals surface area contributed by atoms with Crippen LogP contribution in [0, 0.1) is 13.8 Å². The van der Waals surface area contributed by atoms with Gasteiger partial charge in [-0.1, -0.05) is 42.1 Å². The Morgan fingerprint density at radius 1 is 1.10 bits per heavy atom. The predicted molar refractivity (Wildman–Crippen MR) is 118 cm³/mol. The molecule has 4 aromatic rings. The van der Waals surface area contributed by atoms with Gasteiger partial charge in [0.25, 0.3) is 0 Å². The normalized spacial score (nSPS) is 10.8. The van der Waals surface area contributed by atoms with Crippen molar-refractivity contribution < 1.29 is 4.79 Å². The van der Waals surface area contributed by atoms with Gasteiger partial charge in [-0.3, -0.25) is 9.36 Å². The predicted octanol–water partition coefficient (Wildman–Crippen LogP) is 4.74. The molecule has 0 aliphatic carbocycles. The second-order valence-corrected chi connectivity index (χ2v) is 8.29. The second kappa shape index (κ2) is 8.59. The molecule has 4 rings (SSSR count). The van der Waals surface area contributed by atoms with Gasteiger partial charge in [-0.25, -0.2) is 4.98 Å². The Balaban J connectivity index is 1.64. The first-order valence-corrected chi connectivity index (χ1v) is 10.9. The molecule has 0 saturated carbocycles. The van der Waals surface area contributed by atoms with Gasteiger partial charge in [0.05, 0.1) is 5.75 Å². The number of benzene rings is 2. The molecular formula is C21H19N5OS2. The molecule has 0 atom stereocenters. The SMILES string of the molecule is Cc1ccc(-c2nnc(SCC(=O)Nc3nccs3)n2-c2ccccc2)cc1C. The van der Waals surface area contributed by atoms with Crippen LogP contribution in [0.5, 0.6) is 0 Å². The van der Waals surface area contributed by atoms with Gasteiger partial charge in [0.1, 0.15) is 0 Å². The minimum absolute atomic E-state index is 0.125. The molecule has 8 heteroatoms. The fourth-order valence-electron chi connectivity index (χ4n) is 2.81. The van der Waals surface area contributed by atoms with E-state index in [2.05, 4.69) is 52.5 Å². The highest BCUT2D eigenvalue weighted by atomic mass is 32.2. The lowest BCUT2D eigenvalue weighted by atomic mass is 10.1. The van der Waals surface area contributed by atoms with Crippen molar-refractivity contribution in [3.63, 3.8) is 0 Å². The first-order valence-electron chi connectivity index (χ1n) is 9.02. The number of hydrogen-bond acceptors (Lipinski definition) is 6. The first-order chi connectivity index (χ1) is 14.1. The van der Waals surface area contributed by atoms with Crippen LogP contribution in [0.25, 0.3) is 17.1 Å². The molecule has 1 amide bonds. The molecule has 0 bridgehead atoms. The number of amides is 1. The Kier molecular flexibility index (Phi) is 5.73. The summed E-state index contributed by atoms with van der Waals surface area (Å²) >= 11 is 2.74. The number of carbonyl (C=O) groups is 1. The number of nitrogens with zero attached hydrogens (tertiary/aromatic N) is 4. The van der Waals surface area contributed by atoms with Crippen LogP contribution in [0.2, 0.25) is 0 Å². The highest BCUT2D eigenvalue weighted by Gasteiger charge is 2.18. The third-order valence-corrected chi connectivity index (χ3v) is 6.04. The van der Waals surface area contributed by atoms with Crippen molar-refractivity contribution >= 4 is 34.1 Å². The molecule has 2 aromatic carbocycles. The molecule has 2 heterocycles. The van der Waals surface area contributed by atoms with Crippen molar-refractivity contribution in [3.8, 4) is 17.1 Å². The molecule has 0 fully saturated rings. The van der Waals surface area contributed by atoms with Crippen LogP contribution in [0.4, 0.5) is 5.13 Å². The number of thioether (sulfide) groups is 1. The Morgan fingerprint density at radius 2 is 1.93 bits per heavy atom. The summed E-state index contributed by atoms with van der Waals surface area (Å²) < 4.78 is 1.99. The molecule has 0 radical (unpaired) electrons. The molecule has 29 heavy (non-hydrogen) atoms. The van der Waals surface area contributed by atoms with E-state index in [0.717, 1.165) is 17.1 Å². The maximum Gasteiger partial charge on any atom is 0.236 e. The van der Waals surface area contributed by atoms with Gasteiger partial charge < -0.3 is 5.32 Å². The molecule has 0 spiro atoms. The zero-order valence-corrected chi connectivity index (χ0v) is 17.6. The summed E-state index contributed by atoms with van der Waals surface area (Å²) in [5, 5.41) is 14.7. The number of thiazole rings is 1. The lowest BCUT2D eigenvalue weighted by Gasteiger charge is -2.11. The van der Waals surface area contributed by atoms with E-state index in [4.69, 9.17) is 0 Å². The van der Waals surface area contributed by atoms with Crippen LogP contribution < -0.4 is 5.32 Å². The van der Waals surface area contributed by atoms with Crippen LogP contribution in [-0.4, -0.2) is 31.4 Å². The summed E-state index contributed by atoms with van der Waals surface area (Å²) in [5.41, 5.74) is 4.37. The number of rotatable bonds is 6. The van der Waals surface area contributed by atoms with Crippen LogP contribution in [-0.2, 0) is 4.79 Å².